The zero-order valence-electron chi connectivity index (χ0n) is 14.0. The van der Waals surface area contributed by atoms with Crippen LogP contribution in [0.1, 0.15) is 36.1 Å². The molecule has 0 radical (unpaired) electrons. The van der Waals surface area contributed by atoms with Crippen LogP contribution >= 0.6 is 35.0 Å². The quantitative estimate of drug-likeness (QED) is 0.688. The van der Waals surface area contributed by atoms with E-state index < -0.39 is 0 Å². The van der Waals surface area contributed by atoms with Crippen molar-refractivity contribution in [1.29, 1.82) is 5.26 Å². The van der Waals surface area contributed by atoms with Gasteiger partial charge in [0.05, 0.1) is 16.3 Å². The van der Waals surface area contributed by atoms with E-state index in [1.54, 1.807) is 18.2 Å². The lowest BCUT2D eigenvalue weighted by Gasteiger charge is -2.16. The molecule has 4 nitrogen and oxygen atoms in total. The lowest BCUT2D eigenvalue weighted by molar-refractivity contribution is -0.115. The first kappa shape index (κ1) is 19.0. The van der Waals surface area contributed by atoms with Crippen molar-refractivity contribution in [2.24, 2.45) is 0 Å². The Labute approximate surface area is 166 Å². The van der Waals surface area contributed by atoms with E-state index in [2.05, 4.69) is 16.4 Å². The Morgan fingerprint density at radius 3 is 2.88 bits per heavy atom. The summed E-state index contributed by atoms with van der Waals surface area (Å²) in [6.07, 6.45) is 4.53. The predicted octanol–water partition coefficient (Wildman–Crippen LogP) is 5.26. The molecule has 1 N–H and O–H groups in total. The molecule has 1 aromatic carbocycles. The number of nitriles is 1. The number of pyridine rings is 1. The Morgan fingerprint density at radius 2 is 2.08 bits per heavy atom. The van der Waals surface area contributed by atoms with Gasteiger partial charge in [-0.2, -0.15) is 5.26 Å². The molecule has 0 unspecified atom stereocenters. The number of carbonyl (C=O) groups is 1. The standard InChI is InChI=1S/C19H17Cl2N3OS/c20-14-5-6-15(21)17(10-14)23-18(25)7-8-26-19-13(11-22)9-12-3-1-2-4-16(12)24-19/h5-6,9-10H,1-4,7-8H2,(H,23,25). The van der Waals surface area contributed by atoms with Gasteiger partial charge in [-0.3, -0.25) is 4.79 Å². The fourth-order valence-corrected chi connectivity index (χ4v) is 4.10. The first-order valence-electron chi connectivity index (χ1n) is 8.37. The van der Waals surface area contributed by atoms with Gasteiger partial charge in [0.15, 0.2) is 0 Å². The zero-order valence-corrected chi connectivity index (χ0v) is 16.3. The third-order valence-electron chi connectivity index (χ3n) is 4.16. The van der Waals surface area contributed by atoms with Gasteiger partial charge in [-0.25, -0.2) is 4.98 Å². The number of nitrogens with zero attached hydrogens (tertiary/aromatic N) is 2. The number of anilines is 1. The smallest absolute Gasteiger partial charge is 0.225 e. The van der Waals surface area contributed by atoms with Crippen LogP contribution in [0, 0.1) is 11.3 Å². The summed E-state index contributed by atoms with van der Waals surface area (Å²) in [5.74, 6) is 0.378. The molecule has 7 heteroatoms. The van der Waals surface area contributed by atoms with Gasteiger partial charge in [0.2, 0.25) is 5.91 Å². The van der Waals surface area contributed by atoms with Crippen molar-refractivity contribution < 1.29 is 4.79 Å². The van der Waals surface area contributed by atoms with Crippen LogP contribution in [0.15, 0.2) is 29.3 Å². The van der Waals surface area contributed by atoms with E-state index in [4.69, 9.17) is 23.2 Å². The molecule has 1 heterocycles. The predicted molar refractivity (Wildman–Crippen MR) is 106 cm³/mol. The van der Waals surface area contributed by atoms with Crippen molar-refractivity contribution in [2.45, 2.75) is 37.1 Å². The van der Waals surface area contributed by atoms with E-state index in [9.17, 15) is 10.1 Å². The number of hydrogen-bond donors (Lipinski definition) is 1. The lowest BCUT2D eigenvalue weighted by Crippen LogP contribution is -2.13. The number of benzene rings is 1. The van der Waals surface area contributed by atoms with Crippen molar-refractivity contribution in [1.82, 2.24) is 4.98 Å². The third-order valence-corrected chi connectivity index (χ3v) is 5.71. The summed E-state index contributed by atoms with van der Waals surface area (Å²) in [4.78, 5) is 16.8. The van der Waals surface area contributed by atoms with Crippen molar-refractivity contribution in [3.05, 3.63) is 51.1 Å². The summed E-state index contributed by atoms with van der Waals surface area (Å²) >= 11 is 13.4. The monoisotopic (exact) mass is 405 g/mol. The summed E-state index contributed by atoms with van der Waals surface area (Å²) < 4.78 is 0. The number of aryl methyl sites for hydroxylation is 2. The van der Waals surface area contributed by atoms with E-state index >= 15 is 0 Å². The molecule has 0 aliphatic heterocycles. The molecule has 0 atom stereocenters. The highest BCUT2D eigenvalue weighted by atomic mass is 35.5. The summed E-state index contributed by atoms with van der Waals surface area (Å²) in [7, 11) is 0. The molecule has 1 aromatic heterocycles. The third kappa shape index (κ3) is 4.70. The Bertz CT molecular complexity index is 880. The van der Waals surface area contributed by atoms with E-state index in [0.717, 1.165) is 31.4 Å². The van der Waals surface area contributed by atoms with Crippen LogP contribution < -0.4 is 5.32 Å². The van der Waals surface area contributed by atoms with Gasteiger partial charge in [0.1, 0.15) is 11.1 Å². The molecule has 0 fully saturated rings. The molecule has 1 amide bonds. The highest BCUT2D eigenvalue weighted by molar-refractivity contribution is 7.99. The van der Waals surface area contributed by atoms with Crippen molar-refractivity contribution in [3.63, 3.8) is 0 Å². The van der Waals surface area contributed by atoms with Crippen molar-refractivity contribution in [2.75, 3.05) is 11.1 Å². The number of hydrogen-bond acceptors (Lipinski definition) is 4. The molecular weight excluding hydrogens is 389 g/mol. The fraction of sp³-hybridized carbons (Fsp3) is 0.316. The molecule has 134 valence electrons. The fourth-order valence-electron chi connectivity index (χ4n) is 2.85. The van der Waals surface area contributed by atoms with Gasteiger partial charge in [-0.15, -0.1) is 11.8 Å². The Kier molecular flexibility index (Phi) is 6.42. The second-order valence-corrected chi connectivity index (χ2v) is 7.96. The van der Waals surface area contributed by atoms with Crippen LogP contribution in [-0.4, -0.2) is 16.6 Å². The maximum absolute atomic E-state index is 12.1. The molecule has 0 bridgehead atoms. The number of aromatic nitrogens is 1. The zero-order chi connectivity index (χ0) is 18.5. The highest BCUT2D eigenvalue weighted by Gasteiger charge is 2.16. The number of rotatable bonds is 5. The number of carbonyl (C=O) groups excluding carboxylic acids is 1. The lowest BCUT2D eigenvalue weighted by atomic mass is 9.95. The van der Waals surface area contributed by atoms with Crippen molar-refractivity contribution in [3.8, 4) is 6.07 Å². The van der Waals surface area contributed by atoms with E-state index in [1.807, 2.05) is 6.07 Å². The second-order valence-electron chi connectivity index (χ2n) is 6.04. The van der Waals surface area contributed by atoms with Crippen LogP contribution in [0.4, 0.5) is 5.69 Å². The molecule has 1 aliphatic rings. The molecule has 0 saturated heterocycles. The number of halogens is 2. The van der Waals surface area contributed by atoms with Crippen LogP contribution in [0.3, 0.4) is 0 Å². The first-order chi connectivity index (χ1) is 12.6. The second kappa shape index (κ2) is 8.77. The molecular formula is C19H17Cl2N3OS. The maximum atomic E-state index is 12.1. The molecule has 0 saturated carbocycles. The first-order valence-corrected chi connectivity index (χ1v) is 10.1. The summed E-state index contributed by atoms with van der Waals surface area (Å²) in [5, 5.41) is 13.8. The highest BCUT2D eigenvalue weighted by Crippen LogP contribution is 2.28. The normalized spacial score (nSPS) is 13.0. The van der Waals surface area contributed by atoms with Gasteiger partial charge >= 0.3 is 0 Å². The Morgan fingerprint density at radius 1 is 1.27 bits per heavy atom. The largest absolute Gasteiger partial charge is 0.325 e. The Hall–Kier alpha value is -1.74. The van der Waals surface area contributed by atoms with Crippen LogP contribution in [0.5, 0.6) is 0 Å². The summed E-state index contributed by atoms with van der Waals surface area (Å²) in [6.45, 7) is 0. The van der Waals surface area contributed by atoms with E-state index in [1.165, 1.54) is 17.3 Å². The summed E-state index contributed by atoms with van der Waals surface area (Å²) in [6, 6.07) is 9.10. The van der Waals surface area contributed by atoms with Crippen LogP contribution in [-0.2, 0) is 17.6 Å². The van der Waals surface area contributed by atoms with Crippen molar-refractivity contribution >= 4 is 46.6 Å². The number of fused-ring (bicyclic) bond motifs is 1. The molecule has 26 heavy (non-hydrogen) atoms. The molecule has 3 rings (SSSR count). The summed E-state index contributed by atoms with van der Waals surface area (Å²) in [5.41, 5.74) is 3.37. The van der Waals surface area contributed by atoms with Gasteiger partial charge in [0.25, 0.3) is 0 Å². The van der Waals surface area contributed by atoms with Gasteiger partial charge in [-0.05, 0) is 55.5 Å². The minimum atomic E-state index is -0.155. The number of thioether (sulfide) groups is 1. The number of nitrogens with one attached hydrogen (secondary N) is 1. The van der Waals surface area contributed by atoms with E-state index in [0.29, 0.717) is 32.1 Å². The molecule has 1 aliphatic carbocycles. The number of amides is 1. The van der Waals surface area contributed by atoms with E-state index in [-0.39, 0.29) is 12.3 Å². The van der Waals surface area contributed by atoms with Crippen LogP contribution in [0.2, 0.25) is 10.0 Å². The average Bonchev–Trinajstić information content (AvgIpc) is 2.64. The SMILES string of the molecule is N#Cc1cc2c(nc1SCCC(=O)Nc1cc(Cl)ccc1Cl)CCCC2. The van der Waals surface area contributed by atoms with Gasteiger partial charge in [-0.1, -0.05) is 23.2 Å². The molecule has 2 aromatic rings. The molecule has 0 spiro atoms. The minimum absolute atomic E-state index is 0.155. The van der Waals surface area contributed by atoms with Gasteiger partial charge in [0, 0.05) is 22.9 Å². The average molecular weight is 406 g/mol. The van der Waals surface area contributed by atoms with Gasteiger partial charge < -0.3 is 5.32 Å². The Balaban J connectivity index is 1.60. The minimum Gasteiger partial charge on any atom is -0.325 e. The van der Waals surface area contributed by atoms with Crippen LogP contribution in [0.25, 0.3) is 0 Å². The topological polar surface area (TPSA) is 65.8 Å². The maximum Gasteiger partial charge on any atom is 0.225 e.